The molecule has 1 aromatic carbocycles. The number of aromatic hydroxyl groups is 2. The zero-order chi connectivity index (χ0) is 19.9. The molecule has 142 valence electrons. The molecule has 4 rings (SSSR count). The van der Waals surface area contributed by atoms with Crippen molar-refractivity contribution in [2.24, 2.45) is 5.73 Å². The number of halogens is 3. The van der Waals surface area contributed by atoms with Gasteiger partial charge in [-0.25, -0.2) is 0 Å². The van der Waals surface area contributed by atoms with Crippen LogP contribution in [0.5, 0.6) is 11.8 Å². The van der Waals surface area contributed by atoms with Gasteiger partial charge in [0.15, 0.2) is 0 Å². The second-order valence-electron chi connectivity index (χ2n) is 7.32. The Morgan fingerprint density at radius 3 is 2.48 bits per heavy atom. The van der Waals surface area contributed by atoms with Gasteiger partial charge in [-0.05, 0) is 38.5 Å². The molecule has 0 saturated carbocycles. The number of nitriles is 1. The second-order valence-corrected chi connectivity index (χ2v) is 7.32. The smallest absolute Gasteiger partial charge is 0.417 e. The monoisotopic (exact) mass is 379 g/mol. The van der Waals surface area contributed by atoms with E-state index in [9.17, 15) is 23.4 Å². The molecule has 2 aromatic rings. The molecular formula is C18H16F3N3O3. The first kappa shape index (κ1) is 17.7. The van der Waals surface area contributed by atoms with E-state index in [-0.39, 0.29) is 11.3 Å². The summed E-state index contributed by atoms with van der Waals surface area (Å²) in [5.41, 5.74) is 2.90. The van der Waals surface area contributed by atoms with Crippen LogP contribution in [0, 0.1) is 11.3 Å². The maximum Gasteiger partial charge on any atom is 0.417 e. The first-order valence-corrected chi connectivity index (χ1v) is 8.19. The Morgan fingerprint density at radius 1 is 1.26 bits per heavy atom. The van der Waals surface area contributed by atoms with Crippen LogP contribution < -0.4 is 5.73 Å². The molecule has 2 bridgehead atoms. The molecule has 3 heterocycles. The zero-order valence-electron chi connectivity index (χ0n) is 14.4. The largest absolute Gasteiger partial charge is 0.494 e. The lowest BCUT2D eigenvalue weighted by atomic mass is 9.77. The van der Waals surface area contributed by atoms with Crippen molar-refractivity contribution in [2.75, 3.05) is 0 Å². The minimum Gasteiger partial charge on any atom is -0.494 e. The minimum absolute atomic E-state index is 0.120. The van der Waals surface area contributed by atoms with Crippen LogP contribution in [-0.4, -0.2) is 20.8 Å². The SMILES string of the molecule is CC12C[C@@H](N)C(C)(O1)c1c2c(O)n(-c2ccc(C#N)c(C(F)(F)F)c2)c1O. The predicted octanol–water partition coefficient (Wildman–Crippen LogP) is 2.97. The number of nitrogens with two attached hydrogens (primary N) is 1. The Balaban J connectivity index is 1.98. The molecule has 2 unspecified atom stereocenters. The highest BCUT2D eigenvalue weighted by Crippen LogP contribution is 2.63. The molecule has 27 heavy (non-hydrogen) atoms. The van der Waals surface area contributed by atoms with Gasteiger partial charge in [0.1, 0.15) is 5.60 Å². The summed E-state index contributed by atoms with van der Waals surface area (Å²) in [7, 11) is 0. The summed E-state index contributed by atoms with van der Waals surface area (Å²) in [6.07, 6.45) is -4.36. The number of aromatic nitrogens is 1. The van der Waals surface area contributed by atoms with Crippen molar-refractivity contribution >= 4 is 0 Å². The lowest BCUT2D eigenvalue weighted by Crippen LogP contribution is -2.40. The van der Waals surface area contributed by atoms with Crippen molar-refractivity contribution in [1.82, 2.24) is 4.57 Å². The zero-order valence-corrected chi connectivity index (χ0v) is 14.4. The molecule has 1 saturated heterocycles. The molecule has 1 aromatic heterocycles. The molecule has 0 spiro atoms. The Labute approximate surface area is 152 Å². The number of ether oxygens (including phenoxy) is 1. The van der Waals surface area contributed by atoms with E-state index < -0.39 is 46.3 Å². The third kappa shape index (κ3) is 2.08. The van der Waals surface area contributed by atoms with Crippen LogP contribution in [0.4, 0.5) is 13.2 Å². The van der Waals surface area contributed by atoms with E-state index in [1.807, 2.05) is 0 Å². The van der Waals surface area contributed by atoms with E-state index in [1.54, 1.807) is 13.8 Å². The normalized spacial score (nSPS) is 29.0. The van der Waals surface area contributed by atoms with E-state index in [4.69, 9.17) is 15.7 Å². The Bertz CT molecular complexity index is 1020. The number of nitrogens with zero attached hydrogens (tertiary/aromatic N) is 2. The maximum absolute atomic E-state index is 13.3. The lowest BCUT2D eigenvalue weighted by molar-refractivity contribution is -0.137. The summed E-state index contributed by atoms with van der Waals surface area (Å²) in [5, 5.41) is 30.4. The molecule has 2 aliphatic heterocycles. The van der Waals surface area contributed by atoms with E-state index in [1.165, 1.54) is 12.1 Å². The second kappa shape index (κ2) is 4.97. The van der Waals surface area contributed by atoms with Crippen LogP contribution in [0.2, 0.25) is 0 Å². The summed E-state index contributed by atoms with van der Waals surface area (Å²) in [5.74, 6) is -0.833. The molecule has 3 atom stereocenters. The highest BCUT2D eigenvalue weighted by atomic mass is 19.4. The summed E-state index contributed by atoms with van der Waals surface area (Å²) in [4.78, 5) is 0. The van der Waals surface area contributed by atoms with Crippen molar-refractivity contribution in [2.45, 2.75) is 43.7 Å². The van der Waals surface area contributed by atoms with E-state index in [0.29, 0.717) is 12.0 Å². The van der Waals surface area contributed by atoms with Crippen molar-refractivity contribution in [3.8, 4) is 23.5 Å². The van der Waals surface area contributed by atoms with Gasteiger partial charge in [0.25, 0.3) is 0 Å². The van der Waals surface area contributed by atoms with Gasteiger partial charge in [-0.15, -0.1) is 0 Å². The fraction of sp³-hybridized carbons (Fsp3) is 0.389. The van der Waals surface area contributed by atoms with E-state index in [0.717, 1.165) is 16.7 Å². The van der Waals surface area contributed by atoms with Crippen LogP contribution in [0.3, 0.4) is 0 Å². The Hall–Kier alpha value is -2.70. The van der Waals surface area contributed by atoms with Crippen molar-refractivity contribution in [3.63, 3.8) is 0 Å². The van der Waals surface area contributed by atoms with Gasteiger partial charge in [-0.3, -0.25) is 4.57 Å². The highest BCUT2D eigenvalue weighted by Gasteiger charge is 2.63. The number of benzene rings is 1. The fourth-order valence-corrected chi connectivity index (χ4v) is 4.36. The minimum atomic E-state index is -4.76. The fourth-order valence-electron chi connectivity index (χ4n) is 4.36. The topological polar surface area (TPSA) is 104 Å². The molecular weight excluding hydrogens is 363 g/mol. The Kier molecular flexibility index (Phi) is 3.26. The molecule has 0 amide bonds. The van der Waals surface area contributed by atoms with Crippen LogP contribution in [0.25, 0.3) is 5.69 Å². The van der Waals surface area contributed by atoms with E-state index >= 15 is 0 Å². The third-order valence-corrected chi connectivity index (χ3v) is 5.59. The van der Waals surface area contributed by atoms with Gasteiger partial charge in [0.2, 0.25) is 11.8 Å². The van der Waals surface area contributed by atoms with E-state index in [2.05, 4.69) is 0 Å². The first-order valence-electron chi connectivity index (χ1n) is 8.19. The highest BCUT2D eigenvalue weighted by molar-refractivity contribution is 5.62. The maximum atomic E-state index is 13.3. The number of alkyl halides is 3. The van der Waals surface area contributed by atoms with Gasteiger partial charge in [-0.2, -0.15) is 18.4 Å². The first-order chi connectivity index (χ1) is 12.4. The summed E-state index contributed by atoms with van der Waals surface area (Å²) in [6.45, 7) is 3.39. The Morgan fingerprint density at radius 2 is 1.89 bits per heavy atom. The molecule has 0 aliphatic carbocycles. The summed E-state index contributed by atoms with van der Waals surface area (Å²) >= 11 is 0. The van der Waals surface area contributed by atoms with Crippen molar-refractivity contribution in [1.29, 1.82) is 5.26 Å². The van der Waals surface area contributed by atoms with Gasteiger partial charge in [-0.1, -0.05) is 0 Å². The number of fused-ring (bicyclic) bond motifs is 5. The number of hydrogen-bond donors (Lipinski definition) is 3. The third-order valence-electron chi connectivity index (χ3n) is 5.59. The van der Waals surface area contributed by atoms with Gasteiger partial charge in [0.05, 0.1) is 39.6 Å². The summed E-state index contributed by atoms with van der Waals surface area (Å²) < 4.78 is 46.7. The van der Waals surface area contributed by atoms with Crippen molar-refractivity contribution < 1.29 is 28.1 Å². The molecule has 9 heteroatoms. The van der Waals surface area contributed by atoms with Gasteiger partial charge < -0.3 is 20.7 Å². The van der Waals surface area contributed by atoms with Crippen LogP contribution >= 0.6 is 0 Å². The quantitative estimate of drug-likeness (QED) is 0.707. The number of hydrogen-bond acceptors (Lipinski definition) is 5. The van der Waals surface area contributed by atoms with Crippen LogP contribution in [0.15, 0.2) is 18.2 Å². The van der Waals surface area contributed by atoms with Gasteiger partial charge >= 0.3 is 6.18 Å². The van der Waals surface area contributed by atoms with Crippen molar-refractivity contribution in [3.05, 3.63) is 40.5 Å². The average molecular weight is 379 g/mol. The lowest BCUT2D eigenvalue weighted by Gasteiger charge is -2.26. The standard InChI is InChI=1S/C18H16F3N3O3/c1-16-6-11(23)17(2,27-16)13-12(16)14(25)24(15(13)26)9-4-3-8(7-22)10(5-9)18(19,20)21/h3-5,11,25-26H,6,23H2,1-2H3/t11-,16?,17?/m1/s1. The summed E-state index contributed by atoms with van der Waals surface area (Å²) in [6, 6.07) is 4.02. The van der Waals surface area contributed by atoms with Crippen LogP contribution in [-0.2, 0) is 22.1 Å². The molecule has 1 fully saturated rings. The van der Waals surface area contributed by atoms with Gasteiger partial charge in [0, 0.05) is 6.04 Å². The predicted molar refractivity (Wildman–Crippen MR) is 87.2 cm³/mol. The molecule has 2 aliphatic rings. The van der Waals surface area contributed by atoms with Crippen LogP contribution in [0.1, 0.15) is 42.5 Å². The molecule has 0 radical (unpaired) electrons. The average Bonchev–Trinajstić information content (AvgIpc) is 3.07. The molecule has 4 N–H and O–H groups in total. The number of rotatable bonds is 1. The molecule has 6 nitrogen and oxygen atoms in total.